The Labute approximate surface area is 184 Å². The molecule has 0 aromatic carbocycles. The molecule has 0 aliphatic rings. The molecule has 12 heteroatoms. The zero-order chi connectivity index (χ0) is 24.4. The molecule has 0 aromatic heterocycles. The number of nitrogens with one attached hydrogen (secondary N) is 2. The minimum atomic E-state index is -4.17. The van der Waals surface area contributed by atoms with Crippen LogP contribution in [-0.4, -0.2) is 77.5 Å². The van der Waals surface area contributed by atoms with Gasteiger partial charge in [-0.3, -0.25) is 14.2 Å². The van der Waals surface area contributed by atoms with E-state index in [1.807, 2.05) is 0 Å². The lowest BCUT2D eigenvalue weighted by atomic mass is 10.1. The van der Waals surface area contributed by atoms with Gasteiger partial charge in [-0.25, -0.2) is 10.2 Å². The van der Waals surface area contributed by atoms with Crippen LogP contribution in [0.15, 0.2) is 0 Å². The predicted octanol–water partition coefficient (Wildman–Crippen LogP) is 0.568. The van der Waals surface area contributed by atoms with Crippen LogP contribution in [0.4, 0.5) is 0 Å². The molecule has 0 aliphatic carbocycles. The SMILES string of the molecule is CCOC(=O)[C@@H](NP(=O)(N[C@@H](C(=O)OCC)C(C)C)OC[C@@H](O)C(O)C(C)O)C(C)C. The highest BCUT2D eigenvalue weighted by Gasteiger charge is 2.39. The molecule has 0 saturated carbocycles. The fraction of sp³-hybridized carbons (Fsp3) is 0.895. The fourth-order valence-electron chi connectivity index (χ4n) is 2.49. The van der Waals surface area contributed by atoms with Crippen molar-refractivity contribution < 1.29 is 43.5 Å². The molecule has 11 nitrogen and oxygen atoms in total. The highest BCUT2D eigenvalue weighted by atomic mass is 31.2. The summed E-state index contributed by atoms with van der Waals surface area (Å²) < 4.78 is 29.1. The Morgan fingerprint density at radius 1 is 0.839 bits per heavy atom. The van der Waals surface area contributed by atoms with E-state index in [-0.39, 0.29) is 25.0 Å². The fourth-order valence-corrected chi connectivity index (χ4v) is 4.62. The second-order valence-electron chi connectivity index (χ2n) is 7.85. The number of carbonyl (C=O) groups is 2. The number of hydrogen-bond donors (Lipinski definition) is 5. The van der Waals surface area contributed by atoms with E-state index in [1.54, 1.807) is 41.5 Å². The standard InChI is InChI=1S/C19H39N2O9P/c1-8-28-18(25)15(11(3)4)20-31(27,30-10-14(23)17(24)13(7)22)21-16(12(5)6)19(26)29-9-2/h11-17,22-24H,8-10H2,1-7H3,(H2,20,21,27)/t13?,14-,15-,16+,17?,31?/m1/s1. The summed E-state index contributed by atoms with van der Waals surface area (Å²) in [5.41, 5.74) is 0. The maximum atomic E-state index is 13.6. The van der Waals surface area contributed by atoms with E-state index in [1.165, 1.54) is 6.92 Å². The van der Waals surface area contributed by atoms with Crippen molar-refractivity contribution in [1.29, 1.82) is 0 Å². The largest absolute Gasteiger partial charge is 0.465 e. The molecule has 0 radical (unpaired) electrons. The first kappa shape index (κ1) is 29.9. The maximum absolute atomic E-state index is 13.6. The summed E-state index contributed by atoms with van der Waals surface area (Å²) in [4.78, 5) is 24.7. The molecule has 0 aromatic rings. The molecule has 6 atom stereocenters. The van der Waals surface area contributed by atoms with E-state index in [2.05, 4.69) is 10.2 Å². The number of esters is 2. The zero-order valence-electron chi connectivity index (χ0n) is 19.4. The van der Waals surface area contributed by atoms with E-state index in [0.29, 0.717) is 0 Å². The molecular formula is C19H39N2O9P. The average Bonchev–Trinajstić information content (AvgIpc) is 2.67. The Balaban J connectivity index is 5.83. The molecule has 184 valence electrons. The summed E-state index contributed by atoms with van der Waals surface area (Å²) in [6.45, 7) is 10.9. The van der Waals surface area contributed by atoms with Crippen LogP contribution in [0.3, 0.4) is 0 Å². The monoisotopic (exact) mass is 470 g/mol. The summed E-state index contributed by atoms with van der Waals surface area (Å²) >= 11 is 0. The van der Waals surface area contributed by atoms with Gasteiger partial charge in [-0.2, -0.15) is 0 Å². The molecule has 31 heavy (non-hydrogen) atoms. The van der Waals surface area contributed by atoms with Gasteiger partial charge in [0.2, 0.25) is 0 Å². The lowest BCUT2D eigenvalue weighted by Gasteiger charge is -2.31. The zero-order valence-corrected chi connectivity index (χ0v) is 20.3. The van der Waals surface area contributed by atoms with Crippen LogP contribution in [0.2, 0.25) is 0 Å². The predicted molar refractivity (Wildman–Crippen MR) is 114 cm³/mol. The van der Waals surface area contributed by atoms with Crippen molar-refractivity contribution in [3.8, 4) is 0 Å². The van der Waals surface area contributed by atoms with Crippen LogP contribution < -0.4 is 10.2 Å². The van der Waals surface area contributed by atoms with E-state index in [4.69, 9.17) is 14.0 Å². The van der Waals surface area contributed by atoms with Gasteiger partial charge >= 0.3 is 19.6 Å². The first-order chi connectivity index (χ1) is 14.3. The topological polar surface area (TPSA) is 164 Å². The van der Waals surface area contributed by atoms with Crippen LogP contribution >= 0.6 is 7.67 Å². The highest BCUT2D eigenvalue weighted by Crippen LogP contribution is 2.41. The lowest BCUT2D eigenvalue weighted by molar-refractivity contribution is -0.146. The van der Waals surface area contributed by atoms with Gasteiger partial charge in [-0.05, 0) is 32.6 Å². The molecule has 0 fully saturated rings. The Bertz CT molecular complexity index is 565. The lowest BCUT2D eigenvalue weighted by Crippen LogP contribution is -2.49. The van der Waals surface area contributed by atoms with E-state index in [9.17, 15) is 29.5 Å². The molecule has 0 rings (SSSR count). The van der Waals surface area contributed by atoms with Gasteiger partial charge in [0.15, 0.2) is 0 Å². The number of ether oxygens (including phenoxy) is 2. The third-order valence-corrected chi connectivity index (χ3v) is 6.10. The van der Waals surface area contributed by atoms with Gasteiger partial charge in [0.05, 0.1) is 25.9 Å². The number of aliphatic hydroxyl groups is 3. The molecule has 0 spiro atoms. The van der Waals surface area contributed by atoms with E-state index < -0.39 is 56.6 Å². The van der Waals surface area contributed by atoms with Gasteiger partial charge in [0.1, 0.15) is 24.3 Å². The third kappa shape index (κ3) is 10.4. The van der Waals surface area contributed by atoms with Gasteiger partial charge in [0.25, 0.3) is 0 Å². The molecule has 0 aliphatic heterocycles. The third-order valence-electron chi connectivity index (χ3n) is 4.35. The quantitative estimate of drug-likeness (QED) is 0.168. The van der Waals surface area contributed by atoms with Gasteiger partial charge in [-0.1, -0.05) is 27.7 Å². The van der Waals surface area contributed by atoms with Gasteiger partial charge in [0, 0.05) is 0 Å². The average molecular weight is 471 g/mol. The Morgan fingerprint density at radius 2 is 1.23 bits per heavy atom. The molecule has 0 saturated heterocycles. The molecule has 5 N–H and O–H groups in total. The second-order valence-corrected chi connectivity index (χ2v) is 9.73. The van der Waals surface area contributed by atoms with Crippen molar-refractivity contribution in [2.75, 3.05) is 19.8 Å². The van der Waals surface area contributed by atoms with Gasteiger partial charge < -0.3 is 29.3 Å². The summed E-state index contributed by atoms with van der Waals surface area (Å²) in [5.74, 6) is -2.04. The van der Waals surface area contributed by atoms with E-state index in [0.717, 1.165) is 0 Å². The minimum absolute atomic E-state index is 0.110. The summed E-state index contributed by atoms with van der Waals surface area (Å²) in [5, 5.41) is 34.5. The molecule has 3 unspecified atom stereocenters. The van der Waals surface area contributed by atoms with Crippen molar-refractivity contribution in [1.82, 2.24) is 10.2 Å². The van der Waals surface area contributed by atoms with Crippen LogP contribution in [-0.2, 0) is 28.2 Å². The second kappa shape index (κ2) is 14.2. The normalized spacial score (nSPS) is 18.7. The van der Waals surface area contributed by atoms with Crippen molar-refractivity contribution >= 4 is 19.6 Å². The summed E-state index contributed by atoms with van der Waals surface area (Å²) in [6, 6.07) is -2.10. The highest BCUT2D eigenvalue weighted by molar-refractivity contribution is 7.54. The van der Waals surface area contributed by atoms with Crippen molar-refractivity contribution in [3.05, 3.63) is 0 Å². The van der Waals surface area contributed by atoms with Crippen LogP contribution in [0.1, 0.15) is 48.5 Å². The molecule has 0 heterocycles. The first-order valence-electron chi connectivity index (χ1n) is 10.5. The van der Waals surface area contributed by atoms with Crippen molar-refractivity contribution in [2.24, 2.45) is 11.8 Å². The number of hydrogen-bond acceptors (Lipinski definition) is 9. The Hall–Kier alpha value is -1.07. The summed E-state index contributed by atoms with van der Waals surface area (Å²) in [6.07, 6.45) is -4.38. The van der Waals surface area contributed by atoms with E-state index >= 15 is 0 Å². The molecule has 0 bridgehead atoms. The Kier molecular flexibility index (Phi) is 13.7. The summed E-state index contributed by atoms with van der Waals surface area (Å²) in [7, 11) is -4.17. The number of carbonyl (C=O) groups excluding carboxylic acids is 2. The smallest absolute Gasteiger partial charge is 0.342 e. The maximum Gasteiger partial charge on any atom is 0.342 e. The molecular weight excluding hydrogens is 431 g/mol. The van der Waals surface area contributed by atoms with Crippen LogP contribution in [0.5, 0.6) is 0 Å². The minimum Gasteiger partial charge on any atom is -0.465 e. The number of aliphatic hydroxyl groups excluding tert-OH is 3. The van der Waals surface area contributed by atoms with Gasteiger partial charge in [-0.15, -0.1) is 0 Å². The van der Waals surface area contributed by atoms with Crippen molar-refractivity contribution in [3.63, 3.8) is 0 Å². The van der Waals surface area contributed by atoms with Crippen molar-refractivity contribution in [2.45, 2.75) is 78.9 Å². The van der Waals surface area contributed by atoms with Crippen LogP contribution in [0.25, 0.3) is 0 Å². The first-order valence-corrected chi connectivity index (χ1v) is 12.1. The Morgan fingerprint density at radius 3 is 1.52 bits per heavy atom. The molecule has 0 amide bonds. The number of rotatable bonds is 15. The van der Waals surface area contributed by atoms with Crippen LogP contribution in [0, 0.1) is 11.8 Å².